The van der Waals surface area contributed by atoms with Crippen LogP contribution in [-0.4, -0.2) is 34.0 Å². The van der Waals surface area contributed by atoms with Gasteiger partial charge in [-0.25, -0.2) is 0 Å². The van der Waals surface area contributed by atoms with E-state index in [1.165, 1.54) is 0 Å². The number of rotatable bonds is 0. The maximum atomic E-state index is 9.95. The van der Waals surface area contributed by atoms with Crippen LogP contribution in [0, 0.1) is 5.92 Å². The zero-order valence-corrected chi connectivity index (χ0v) is 10.3. The van der Waals surface area contributed by atoms with E-state index in [4.69, 9.17) is 4.84 Å². The normalized spacial score (nSPS) is 46.2. The van der Waals surface area contributed by atoms with Gasteiger partial charge in [0.1, 0.15) is 0 Å². The number of hydrogen-bond acceptors (Lipinski definition) is 3. The lowest BCUT2D eigenvalue weighted by Crippen LogP contribution is -2.65. The lowest BCUT2D eigenvalue weighted by Gasteiger charge is -2.57. The molecular weight excluding hydrogens is 190 g/mol. The minimum absolute atomic E-state index is 0.0127. The van der Waals surface area contributed by atoms with E-state index in [1.54, 1.807) is 0 Å². The Morgan fingerprint density at radius 3 is 2.53 bits per heavy atom. The minimum atomic E-state index is -0.185. The van der Waals surface area contributed by atoms with E-state index >= 15 is 0 Å². The summed E-state index contributed by atoms with van der Waals surface area (Å²) in [5.41, 5.74) is -0.0363. The molecule has 0 spiro atoms. The van der Waals surface area contributed by atoms with Crippen molar-refractivity contribution in [2.24, 2.45) is 5.92 Å². The highest BCUT2D eigenvalue weighted by Crippen LogP contribution is 2.44. The molecule has 2 saturated heterocycles. The number of aliphatic hydroxyl groups is 1. The van der Waals surface area contributed by atoms with Gasteiger partial charge in [-0.15, -0.1) is 0 Å². The monoisotopic (exact) mass is 213 g/mol. The molecule has 2 aliphatic heterocycles. The second-order valence-electron chi connectivity index (χ2n) is 6.27. The van der Waals surface area contributed by atoms with Crippen LogP contribution in [0.1, 0.15) is 47.0 Å². The molecule has 1 N–H and O–H groups in total. The summed E-state index contributed by atoms with van der Waals surface area (Å²) >= 11 is 0. The first-order chi connectivity index (χ1) is 6.83. The van der Waals surface area contributed by atoms with Gasteiger partial charge in [0.15, 0.2) is 0 Å². The van der Waals surface area contributed by atoms with Crippen molar-refractivity contribution in [3.63, 3.8) is 0 Å². The van der Waals surface area contributed by atoms with E-state index in [1.807, 2.05) is 0 Å². The molecule has 3 atom stereocenters. The third kappa shape index (κ3) is 1.93. The molecule has 3 unspecified atom stereocenters. The topological polar surface area (TPSA) is 32.7 Å². The zero-order chi connectivity index (χ0) is 11.3. The van der Waals surface area contributed by atoms with Gasteiger partial charge in [-0.1, -0.05) is 6.92 Å². The van der Waals surface area contributed by atoms with E-state index in [0.29, 0.717) is 5.92 Å². The number of piperidine rings is 1. The van der Waals surface area contributed by atoms with Gasteiger partial charge in [0.05, 0.1) is 12.7 Å². The second-order valence-corrected chi connectivity index (χ2v) is 6.27. The summed E-state index contributed by atoms with van der Waals surface area (Å²) < 4.78 is 0. The highest BCUT2D eigenvalue weighted by atomic mass is 16.7. The van der Waals surface area contributed by atoms with Gasteiger partial charge >= 0.3 is 0 Å². The molecule has 15 heavy (non-hydrogen) atoms. The Balaban J connectivity index is 2.25. The van der Waals surface area contributed by atoms with E-state index in [0.717, 1.165) is 25.9 Å². The first-order valence-electron chi connectivity index (χ1n) is 5.95. The smallest absolute Gasteiger partial charge is 0.0711 e. The Bertz CT molecular complexity index is 250. The molecule has 2 aliphatic rings. The maximum absolute atomic E-state index is 9.95. The van der Waals surface area contributed by atoms with Gasteiger partial charge in [-0.3, -0.25) is 4.84 Å². The summed E-state index contributed by atoms with van der Waals surface area (Å²) in [5.74, 6) is 0.590. The fraction of sp³-hybridized carbons (Fsp3) is 1.00. The molecular formula is C12H23NO2. The molecule has 2 heterocycles. The van der Waals surface area contributed by atoms with Gasteiger partial charge in [0.2, 0.25) is 0 Å². The highest BCUT2D eigenvalue weighted by molar-refractivity contribution is 5.00. The minimum Gasteiger partial charge on any atom is -0.393 e. The quantitative estimate of drug-likeness (QED) is 0.667. The lowest BCUT2D eigenvalue weighted by molar-refractivity contribution is -0.326. The van der Waals surface area contributed by atoms with Gasteiger partial charge in [0, 0.05) is 11.1 Å². The molecule has 0 radical (unpaired) electrons. The van der Waals surface area contributed by atoms with E-state index in [2.05, 4.69) is 32.8 Å². The summed E-state index contributed by atoms with van der Waals surface area (Å²) in [6.07, 6.45) is 2.57. The summed E-state index contributed by atoms with van der Waals surface area (Å²) in [6, 6.07) is 0. The van der Waals surface area contributed by atoms with E-state index in [9.17, 15) is 5.11 Å². The van der Waals surface area contributed by atoms with Crippen molar-refractivity contribution < 1.29 is 9.94 Å². The van der Waals surface area contributed by atoms with Crippen LogP contribution < -0.4 is 0 Å². The molecule has 0 amide bonds. The zero-order valence-electron chi connectivity index (χ0n) is 10.3. The van der Waals surface area contributed by atoms with E-state index in [-0.39, 0.29) is 17.2 Å². The van der Waals surface area contributed by atoms with Crippen molar-refractivity contribution in [1.29, 1.82) is 0 Å². The molecule has 2 fully saturated rings. The van der Waals surface area contributed by atoms with Crippen molar-refractivity contribution in [1.82, 2.24) is 5.06 Å². The molecule has 2 rings (SSSR count). The molecule has 0 aliphatic carbocycles. The Morgan fingerprint density at radius 2 is 1.87 bits per heavy atom. The number of hydrogen-bond donors (Lipinski definition) is 1. The molecule has 0 bridgehead atoms. The lowest BCUT2D eigenvalue weighted by atomic mass is 9.74. The highest BCUT2D eigenvalue weighted by Gasteiger charge is 2.51. The summed E-state index contributed by atoms with van der Waals surface area (Å²) in [4.78, 5) is 5.88. The Kier molecular flexibility index (Phi) is 2.61. The Morgan fingerprint density at radius 1 is 1.20 bits per heavy atom. The average Bonchev–Trinajstić information content (AvgIpc) is 1.97. The van der Waals surface area contributed by atoms with Gasteiger partial charge in [0.25, 0.3) is 0 Å². The number of hydroxylamine groups is 2. The number of aliphatic hydroxyl groups excluding tert-OH is 1. The Labute approximate surface area is 92.4 Å². The molecule has 0 aromatic carbocycles. The first-order valence-corrected chi connectivity index (χ1v) is 5.95. The number of nitrogens with zero attached hydrogens (tertiary/aromatic N) is 1. The van der Waals surface area contributed by atoms with Crippen molar-refractivity contribution >= 4 is 0 Å². The van der Waals surface area contributed by atoms with Crippen LogP contribution in [0.4, 0.5) is 0 Å². The predicted octanol–water partition coefficient (Wildman–Crippen LogP) is 1.95. The van der Waals surface area contributed by atoms with E-state index < -0.39 is 0 Å². The Hall–Kier alpha value is -0.120. The third-order valence-corrected chi connectivity index (χ3v) is 3.73. The largest absolute Gasteiger partial charge is 0.393 e. The van der Waals surface area contributed by atoms with Crippen LogP contribution in [0.25, 0.3) is 0 Å². The van der Waals surface area contributed by atoms with Crippen molar-refractivity contribution in [2.45, 2.75) is 64.1 Å². The predicted molar refractivity (Wildman–Crippen MR) is 59.3 cm³/mol. The fourth-order valence-electron chi connectivity index (χ4n) is 3.56. The van der Waals surface area contributed by atoms with Crippen LogP contribution in [-0.2, 0) is 4.84 Å². The van der Waals surface area contributed by atoms with Crippen LogP contribution in [0.2, 0.25) is 0 Å². The van der Waals surface area contributed by atoms with Crippen molar-refractivity contribution in [2.75, 3.05) is 6.61 Å². The first kappa shape index (κ1) is 11.4. The van der Waals surface area contributed by atoms with Crippen LogP contribution >= 0.6 is 0 Å². The van der Waals surface area contributed by atoms with Gasteiger partial charge in [-0.2, -0.15) is 5.06 Å². The molecule has 0 saturated carbocycles. The molecule has 3 heteroatoms. The van der Waals surface area contributed by atoms with Gasteiger partial charge in [-0.05, 0) is 46.0 Å². The van der Waals surface area contributed by atoms with Crippen molar-refractivity contribution in [3.05, 3.63) is 0 Å². The second kappa shape index (κ2) is 3.44. The van der Waals surface area contributed by atoms with Crippen LogP contribution in [0.3, 0.4) is 0 Å². The molecule has 88 valence electrons. The summed E-state index contributed by atoms with van der Waals surface area (Å²) in [5, 5.41) is 12.1. The fourth-order valence-corrected chi connectivity index (χ4v) is 3.56. The standard InChI is InChI=1S/C12H23NO2/c1-9-5-12(4)7-10(14)6-11(2,3)13(12)15-8-9/h9-10,14H,5-8H2,1-4H3. The maximum Gasteiger partial charge on any atom is 0.0711 e. The average molecular weight is 213 g/mol. The summed E-state index contributed by atoms with van der Waals surface area (Å²) in [7, 11) is 0. The molecule has 0 aromatic rings. The molecule has 0 aromatic heterocycles. The summed E-state index contributed by atoms with van der Waals surface area (Å²) in [6.45, 7) is 9.56. The van der Waals surface area contributed by atoms with Gasteiger partial charge < -0.3 is 5.11 Å². The molecule has 3 nitrogen and oxygen atoms in total. The van der Waals surface area contributed by atoms with Crippen LogP contribution in [0.5, 0.6) is 0 Å². The van der Waals surface area contributed by atoms with Crippen molar-refractivity contribution in [3.8, 4) is 0 Å². The van der Waals surface area contributed by atoms with Crippen LogP contribution in [0.15, 0.2) is 0 Å². The SMILES string of the molecule is CC1CON2C(C)(C)CC(O)CC2(C)C1. The third-order valence-electron chi connectivity index (χ3n) is 3.73. The number of fused-ring (bicyclic) bond motifs is 1.